The zero-order chi connectivity index (χ0) is 47.2. The minimum Gasteiger partial charge on any atom is -0.462 e. The standard InChI is InChI=1S/C59H100O6/c1-4-7-10-13-16-19-22-25-27-28-29-30-32-34-37-40-43-46-49-52-58(61)64-55-56(54-63-57(60)51-48-45-42-39-36-33-24-21-18-15-12-9-6-3)65-59(62)53-50-47-44-41-38-35-31-26-23-20-17-14-11-8-5-2/h7,9-10,12,15-16,18-21,23-25,27,56H,4-6,8,11,13-14,17,22,26,28-55H2,1-3H3/b10-7-,12-9-,18-15-,19-16-,23-20-,24-21-,27-25-. The maximum Gasteiger partial charge on any atom is 0.306 e. The van der Waals surface area contributed by atoms with Crippen LogP contribution in [0.2, 0.25) is 0 Å². The molecule has 0 aliphatic heterocycles. The fourth-order valence-corrected chi connectivity index (χ4v) is 7.39. The molecule has 0 aliphatic rings. The zero-order valence-electron chi connectivity index (χ0n) is 42.5. The molecule has 0 heterocycles. The van der Waals surface area contributed by atoms with Crippen LogP contribution >= 0.6 is 0 Å². The molecule has 1 atom stereocenters. The Morgan fingerprint density at radius 1 is 0.338 bits per heavy atom. The highest BCUT2D eigenvalue weighted by atomic mass is 16.6. The van der Waals surface area contributed by atoms with Crippen molar-refractivity contribution < 1.29 is 28.6 Å². The van der Waals surface area contributed by atoms with E-state index in [9.17, 15) is 14.4 Å². The SMILES string of the molecule is CC\C=C/C=C\C=C/CCCCCCCC(=O)OCC(COC(=O)CCCCCCCCCCC/C=C\C/C=C\C/C=C\CC)OC(=O)CCCCCCCCC/C=C\CCCCCC. The van der Waals surface area contributed by atoms with E-state index in [1.165, 1.54) is 109 Å². The third kappa shape index (κ3) is 51.4. The van der Waals surface area contributed by atoms with E-state index < -0.39 is 6.10 Å². The van der Waals surface area contributed by atoms with Crippen LogP contribution in [-0.4, -0.2) is 37.2 Å². The molecule has 6 heteroatoms. The van der Waals surface area contributed by atoms with Crippen LogP contribution in [0.15, 0.2) is 85.1 Å². The molecule has 0 saturated carbocycles. The van der Waals surface area contributed by atoms with E-state index in [1.807, 2.05) is 0 Å². The molecule has 0 fully saturated rings. The van der Waals surface area contributed by atoms with Gasteiger partial charge in [-0.25, -0.2) is 0 Å². The van der Waals surface area contributed by atoms with Gasteiger partial charge in [0, 0.05) is 19.3 Å². The number of hydrogen-bond donors (Lipinski definition) is 0. The first-order valence-corrected chi connectivity index (χ1v) is 27.1. The highest BCUT2D eigenvalue weighted by molar-refractivity contribution is 5.71. The summed E-state index contributed by atoms with van der Waals surface area (Å²) in [6, 6.07) is 0. The summed E-state index contributed by atoms with van der Waals surface area (Å²) >= 11 is 0. The molecule has 0 rings (SSSR count). The van der Waals surface area contributed by atoms with Crippen molar-refractivity contribution in [3.8, 4) is 0 Å². The van der Waals surface area contributed by atoms with Crippen LogP contribution in [0.1, 0.15) is 252 Å². The fourth-order valence-electron chi connectivity index (χ4n) is 7.39. The van der Waals surface area contributed by atoms with Crippen LogP contribution in [0.5, 0.6) is 0 Å². The first-order chi connectivity index (χ1) is 32.0. The quantitative estimate of drug-likeness (QED) is 0.0199. The van der Waals surface area contributed by atoms with Crippen molar-refractivity contribution in [3.63, 3.8) is 0 Å². The number of allylic oxidation sites excluding steroid dienone is 14. The van der Waals surface area contributed by atoms with Gasteiger partial charge in [0.25, 0.3) is 0 Å². The predicted molar refractivity (Wildman–Crippen MR) is 279 cm³/mol. The van der Waals surface area contributed by atoms with E-state index in [-0.39, 0.29) is 31.1 Å². The smallest absolute Gasteiger partial charge is 0.306 e. The molecular formula is C59H100O6. The molecule has 0 aliphatic carbocycles. The van der Waals surface area contributed by atoms with Gasteiger partial charge in [0.05, 0.1) is 0 Å². The third-order valence-electron chi connectivity index (χ3n) is 11.4. The number of hydrogen-bond acceptors (Lipinski definition) is 6. The van der Waals surface area contributed by atoms with E-state index in [0.29, 0.717) is 19.3 Å². The summed E-state index contributed by atoms with van der Waals surface area (Å²) in [5, 5.41) is 0. The molecule has 0 aromatic rings. The number of ether oxygens (including phenoxy) is 3. The summed E-state index contributed by atoms with van der Waals surface area (Å²) in [7, 11) is 0. The minimum absolute atomic E-state index is 0.0879. The number of carbonyl (C=O) groups excluding carboxylic acids is 3. The van der Waals surface area contributed by atoms with Crippen molar-refractivity contribution in [2.75, 3.05) is 13.2 Å². The Bertz CT molecular complexity index is 1270. The summed E-state index contributed by atoms with van der Waals surface area (Å²) in [5.41, 5.74) is 0. The summed E-state index contributed by atoms with van der Waals surface area (Å²) in [6.45, 7) is 6.36. The second-order valence-electron chi connectivity index (χ2n) is 17.8. The topological polar surface area (TPSA) is 78.9 Å². The van der Waals surface area contributed by atoms with E-state index >= 15 is 0 Å². The Morgan fingerprint density at radius 2 is 0.677 bits per heavy atom. The van der Waals surface area contributed by atoms with E-state index in [2.05, 4.69) is 106 Å². The Kier molecular flexibility index (Phi) is 50.4. The normalized spacial score (nSPS) is 12.7. The van der Waals surface area contributed by atoms with Crippen LogP contribution in [0, 0.1) is 0 Å². The van der Waals surface area contributed by atoms with Gasteiger partial charge in [0.15, 0.2) is 6.10 Å². The lowest BCUT2D eigenvalue weighted by Gasteiger charge is -2.18. The van der Waals surface area contributed by atoms with Gasteiger partial charge in [-0.3, -0.25) is 14.4 Å². The molecule has 0 aromatic carbocycles. The van der Waals surface area contributed by atoms with Crippen molar-refractivity contribution >= 4 is 17.9 Å². The van der Waals surface area contributed by atoms with Crippen molar-refractivity contribution in [2.24, 2.45) is 0 Å². The number of carbonyl (C=O) groups is 3. The summed E-state index contributed by atoms with van der Waals surface area (Å²) < 4.78 is 16.8. The first-order valence-electron chi connectivity index (χ1n) is 27.1. The van der Waals surface area contributed by atoms with Gasteiger partial charge < -0.3 is 14.2 Å². The molecule has 65 heavy (non-hydrogen) atoms. The predicted octanol–water partition coefficient (Wildman–Crippen LogP) is 18.0. The molecule has 0 N–H and O–H groups in total. The van der Waals surface area contributed by atoms with Gasteiger partial charge in [-0.15, -0.1) is 0 Å². The molecule has 1 unspecified atom stereocenters. The largest absolute Gasteiger partial charge is 0.462 e. The Labute approximate surface area is 401 Å². The molecule has 0 saturated heterocycles. The first kappa shape index (κ1) is 61.6. The van der Waals surface area contributed by atoms with Crippen molar-refractivity contribution in [2.45, 2.75) is 258 Å². The van der Waals surface area contributed by atoms with Crippen LogP contribution < -0.4 is 0 Å². The fraction of sp³-hybridized carbons (Fsp3) is 0.712. The Hall–Kier alpha value is -3.41. The Morgan fingerprint density at radius 3 is 1.12 bits per heavy atom. The number of esters is 3. The zero-order valence-corrected chi connectivity index (χ0v) is 42.5. The van der Waals surface area contributed by atoms with Crippen molar-refractivity contribution in [3.05, 3.63) is 85.1 Å². The average molecular weight is 905 g/mol. The maximum absolute atomic E-state index is 12.8. The summed E-state index contributed by atoms with van der Waals surface area (Å²) in [5.74, 6) is -0.916. The minimum atomic E-state index is -0.789. The molecule has 0 amide bonds. The lowest BCUT2D eigenvalue weighted by atomic mass is 10.1. The van der Waals surface area contributed by atoms with Gasteiger partial charge in [0.1, 0.15) is 13.2 Å². The van der Waals surface area contributed by atoms with Gasteiger partial charge >= 0.3 is 17.9 Å². The van der Waals surface area contributed by atoms with Gasteiger partial charge in [0.2, 0.25) is 0 Å². The number of unbranched alkanes of at least 4 members (excludes halogenated alkanes) is 25. The summed E-state index contributed by atoms with van der Waals surface area (Å²) in [4.78, 5) is 38.1. The molecule has 0 radical (unpaired) electrons. The second-order valence-corrected chi connectivity index (χ2v) is 17.8. The summed E-state index contributed by atoms with van der Waals surface area (Å²) in [6.07, 6.45) is 68.5. The highest BCUT2D eigenvalue weighted by Gasteiger charge is 2.19. The Balaban J connectivity index is 4.39. The van der Waals surface area contributed by atoms with Crippen LogP contribution in [0.25, 0.3) is 0 Å². The molecule has 0 aromatic heterocycles. The number of rotatable bonds is 48. The van der Waals surface area contributed by atoms with Crippen molar-refractivity contribution in [1.29, 1.82) is 0 Å². The van der Waals surface area contributed by atoms with Gasteiger partial charge in [-0.2, -0.15) is 0 Å². The molecular weight excluding hydrogens is 805 g/mol. The maximum atomic E-state index is 12.8. The average Bonchev–Trinajstić information content (AvgIpc) is 3.30. The van der Waals surface area contributed by atoms with Crippen LogP contribution in [-0.2, 0) is 28.6 Å². The van der Waals surface area contributed by atoms with E-state index in [1.54, 1.807) is 0 Å². The second kappa shape index (κ2) is 53.2. The third-order valence-corrected chi connectivity index (χ3v) is 11.4. The van der Waals surface area contributed by atoms with Crippen LogP contribution in [0.3, 0.4) is 0 Å². The van der Waals surface area contributed by atoms with Gasteiger partial charge in [-0.05, 0) is 96.3 Å². The van der Waals surface area contributed by atoms with Gasteiger partial charge in [-0.1, -0.05) is 221 Å². The lowest BCUT2D eigenvalue weighted by molar-refractivity contribution is -0.167. The lowest BCUT2D eigenvalue weighted by Crippen LogP contribution is -2.30. The highest BCUT2D eigenvalue weighted by Crippen LogP contribution is 2.15. The monoisotopic (exact) mass is 905 g/mol. The van der Waals surface area contributed by atoms with E-state index in [0.717, 1.165) is 103 Å². The van der Waals surface area contributed by atoms with Crippen LogP contribution in [0.4, 0.5) is 0 Å². The van der Waals surface area contributed by atoms with E-state index in [4.69, 9.17) is 14.2 Å². The molecule has 0 bridgehead atoms. The molecule has 6 nitrogen and oxygen atoms in total. The molecule has 372 valence electrons. The molecule has 0 spiro atoms. The van der Waals surface area contributed by atoms with Crippen molar-refractivity contribution in [1.82, 2.24) is 0 Å².